The number of hydrogen-bond acceptors (Lipinski definition) is 3. The third-order valence-corrected chi connectivity index (χ3v) is 2.48. The van der Waals surface area contributed by atoms with Gasteiger partial charge in [-0.05, 0) is 23.8 Å². The second-order valence-electron chi connectivity index (χ2n) is 3.85. The number of rotatable bonds is 5. The number of benzene rings is 1. The summed E-state index contributed by atoms with van der Waals surface area (Å²) in [4.78, 5) is 0. The molecule has 0 bridgehead atoms. The molecule has 0 fully saturated rings. The van der Waals surface area contributed by atoms with E-state index < -0.39 is 17.4 Å². The molecule has 1 aromatic heterocycles. The summed E-state index contributed by atoms with van der Waals surface area (Å²) in [6.45, 7) is 1.64. The van der Waals surface area contributed by atoms with E-state index in [4.69, 9.17) is 5.11 Å². The van der Waals surface area contributed by atoms with Gasteiger partial charge in [0, 0.05) is 25.5 Å². The predicted molar refractivity (Wildman–Crippen MR) is 62.0 cm³/mol. The zero-order valence-corrected chi connectivity index (χ0v) is 9.61. The van der Waals surface area contributed by atoms with Gasteiger partial charge in [0.15, 0.2) is 17.4 Å². The highest BCUT2D eigenvalue weighted by Crippen LogP contribution is 2.21. The molecule has 2 rings (SSSR count). The Kier molecular flexibility index (Phi) is 3.88. The van der Waals surface area contributed by atoms with Crippen LogP contribution < -0.4 is 5.32 Å². The van der Waals surface area contributed by atoms with Crippen LogP contribution in [0, 0.1) is 11.6 Å². The van der Waals surface area contributed by atoms with Crippen LogP contribution >= 0.6 is 0 Å². The van der Waals surface area contributed by atoms with Crippen LogP contribution in [0.5, 0.6) is 5.75 Å². The molecule has 0 amide bonds. The van der Waals surface area contributed by atoms with Crippen molar-refractivity contribution in [2.45, 2.75) is 13.1 Å². The van der Waals surface area contributed by atoms with Crippen LogP contribution in [0.25, 0.3) is 0 Å². The van der Waals surface area contributed by atoms with Crippen molar-refractivity contribution in [3.63, 3.8) is 0 Å². The average molecular weight is 253 g/mol. The first kappa shape index (κ1) is 12.5. The van der Waals surface area contributed by atoms with Crippen LogP contribution in [0.2, 0.25) is 0 Å². The number of halogens is 2. The molecule has 96 valence electrons. The highest BCUT2D eigenvalue weighted by molar-refractivity contribution is 5.29. The van der Waals surface area contributed by atoms with Crippen LogP contribution in [0.15, 0.2) is 30.6 Å². The van der Waals surface area contributed by atoms with Crippen molar-refractivity contribution in [2.75, 3.05) is 6.54 Å². The molecule has 0 saturated carbocycles. The van der Waals surface area contributed by atoms with Crippen molar-refractivity contribution >= 4 is 0 Å². The van der Waals surface area contributed by atoms with Crippen LogP contribution in [0.1, 0.15) is 5.56 Å². The lowest BCUT2D eigenvalue weighted by Crippen LogP contribution is -2.19. The molecule has 1 aromatic carbocycles. The van der Waals surface area contributed by atoms with Crippen LogP contribution in [0.4, 0.5) is 8.78 Å². The smallest absolute Gasteiger partial charge is 0.187 e. The van der Waals surface area contributed by atoms with E-state index in [2.05, 4.69) is 10.4 Å². The zero-order valence-electron chi connectivity index (χ0n) is 9.61. The second-order valence-corrected chi connectivity index (χ2v) is 3.85. The summed E-state index contributed by atoms with van der Waals surface area (Å²) >= 11 is 0. The first-order valence-electron chi connectivity index (χ1n) is 5.52. The third kappa shape index (κ3) is 3.04. The van der Waals surface area contributed by atoms with E-state index in [1.54, 1.807) is 10.9 Å². The fourth-order valence-corrected chi connectivity index (χ4v) is 1.58. The molecule has 2 N–H and O–H groups in total. The molecular weight excluding hydrogens is 240 g/mol. The fraction of sp³-hybridized carbons (Fsp3) is 0.250. The molecule has 18 heavy (non-hydrogen) atoms. The zero-order chi connectivity index (χ0) is 13.0. The lowest BCUT2D eigenvalue weighted by atomic mass is 10.2. The minimum atomic E-state index is -0.945. The number of nitrogens with zero attached hydrogens (tertiary/aromatic N) is 2. The first-order chi connectivity index (χ1) is 8.66. The Balaban J connectivity index is 1.83. The maximum absolute atomic E-state index is 13.0. The van der Waals surface area contributed by atoms with Gasteiger partial charge in [-0.1, -0.05) is 0 Å². The SMILES string of the molecule is Oc1c(F)cc(CNCCn2cccn2)cc1F. The molecule has 2 aromatic rings. The van der Waals surface area contributed by atoms with Gasteiger partial charge >= 0.3 is 0 Å². The van der Waals surface area contributed by atoms with Gasteiger partial charge in [0.1, 0.15) is 0 Å². The third-order valence-electron chi connectivity index (χ3n) is 2.48. The maximum atomic E-state index is 13.0. The summed E-state index contributed by atoms with van der Waals surface area (Å²) < 4.78 is 27.8. The standard InChI is InChI=1S/C12H13F2N3O/c13-10-6-9(7-11(14)12(10)18)8-15-3-5-17-4-1-2-16-17/h1-2,4,6-7,15,18H,3,5,8H2. The summed E-state index contributed by atoms with van der Waals surface area (Å²) in [5.41, 5.74) is 0.447. The number of phenols is 1. The summed E-state index contributed by atoms with van der Waals surface area (Å²) in [6, 6.07) is 4.05. The van der Waals surface area contributed by atoms with Crippen molar-refractivity contribution in [3.8, 4) is 5.75 Å². The molecular formula is C12H13F2N3O. The highest BCUT2D eigenvalue weighted by Gasteiger charge is 2.08. The Morgan fingerprint density at radius 3 is 2.61 bits per heavy atom. The maximum Gasteiger partial charge on any atom is 0.187 e. The molecule has 0 saturated heterocycles. The van der Waals surface area contributed by atoms with E-state index in [0.717, 1.165) is 12.1 Å². The minimum absolute atomic E-state index is 0.329. The van der Waals surface area contributed by atoms with Gasteiger partial charge in [0.25, 0.3) is 0 Å². The topological polar surface area (TPSA) is 50.1 Å². The van der Waals surface area contributed by atoms with E-state index in [0.29, 0.717) is 25.2 Å². The molecule has 0 atom stereocenters. The van der Waals surface area contributed by atoms with Crippen molar-refractivity contribution in [1.82, 2.24) is 15.1 Å². The summed E-state index contributed by atoms with van der Waals surface area (Å²) in [6.07, 6.45) is 3.52. The van der Waals surface area contributed by atoms with Gasteiger partial charge in [-0.3, -0.25) is 4.68 Å². The van der Waals surface area contributed by atoms with Crippen molar-refractivity contribution in [1.29, 1.82) is 0 Å². The molecule has 0 aliphatic heterocycles. The van der Waals surface area contributed by atoms with E-state index in [1.165, 1.54) is 0 Å². The Labute approximate surface area is 103 Å². The van der Waals surface area contributed by atoms with Gasteiger partial charge in [-0.25, -0.2) is 8.78 Å². The van der Waals surface area contributed by atoms with E-state index in [1.807, 2.05) is 12.3 Å². The van der Waals surface area contributed by atoms with Gasteiger partial charge in [-0.2, -0.15) is 5.10 Å². The predicted octanol–water partition coefficient (Wildman–Crippen LogP) is 1.66. The van der Waals surface area contributed by atoms with Crippen LogP contribution in [0.3, 0.4) is 0 Å². The number of aromatic nitrogens is 2. The average Bonchev–Trinajstić information content (AvgIpc) is 2.84. The molecule has 0 aliphatic carbocycles. The van der Waals surface area contributed by atoms with Crippen molar-refractivity contribution in [2.24, 2.45) is 0 Å². The highest BCUT2D eigenvalue weighted by atomic mass is 19.1. The number of hydrogen-bond donors (Lipinski definition) is 2. The van der Waals surface area contributed by atoms with Gasteiger partial charge in [0.2, 0.25) is 0 Å². The van der Waals surface area contributed by atoms with E-state index in [-0.39, 0.29) is 0 Å². The Bertz CT molecular complexity index is 491. The number of aromatic hydroxyl groups is 1. The monoisotopic (exact) mass is 253 g/mol. The molecule has 4 nitrogen and oxygen atoms in total. The number of phenolic OH excluding ortho intramolecular Hbond substituents is 1. The van der Waals surface area contributed by atoms with Gasteiger partial charge in [-0.15, -0.1) is 0 Å². The Morgan fingerprint density at radius 2 is 2.00 bits per heavy atom. The lowest BCUT2D eigenvalue weighted by molar-refractivity contribution is 0.395. The van der Waals surface area contributed by atoms with E-state index in [9.17, 15) is 8.78 Å². The summed E-state index contributed by atoms with van der Waals surface area (Å²) in [7, 11) is 0. The van der Waals surface area contributed by atoms with Crippen molar-refractivity contribution in [3.05, 3.63) is 47.8 Å². The Hall–Kier alpha value is -1.95. The van der Waals surface area contributed by atoms with Crippen LogP contribution in [-0.4, -0.2) is 21.4 Å². The first-order valence-corrected chi connectivity index (χ1v) is 5.52. The van der Waals surface area contributed by atoms with Crippen molar-refractivity contribution < 1.29 is 13.9 Å². The Morgan fingerprint density at radius 1 is 1.28 bits per heavy atom. The number of nitrogens with one attached hydrogen (secondary N) is 1. The van der Waals surface area contributed by atoms with E-state index >= 15 is 0 Å². The second kappa shape index (κ2) is 5.59. The molecule has 6 heteroatoms. The summed E-state index contributed by atoms with van der Waals surface area (Å²) in [5.74, 6) is -2.83. The lowest BCUT2D eigenvalue weighted by Gasteiger charge is -2.06. The molecule has 0 spiro atoms. The van der Waals surface area contributed by atoms with Gasteiger partial charge < -0.3 is 10.4 Å². The minimum Gasteiger partial charge on any atom is -0.503 e. The molecule has 0 radical (unpaired) electrons. The fourth-order valence-electron chi connectivity index (χ4n) is 1.58. The molecule has 0 unspecified atom stereocenters. The normalized spacial score (nSPS) is 10.8. The molecule has 1 heterocycles. The largest absolute Gasteiger partial charge is 0.503 e. The quantitative estimate of drug-likeness (QED) is 0.797. The summed E-state index contributed by atoms with van der Waals surface area (Å²) in [5, 5.41) is 16.0. The molecule has 0 aliphatic rings. The van der Waals surface area contributed by atoms with Crippen LogP contribution in [-0.2, 0) is 13.1 Å². The van der Waals surface area contributed by atoms with Gasteiger partial charge in [0.05, 0.1) is 6.54 Å².